The molecular formula is C20H22N2O3S. The molecule has 136 valence electrons. The van der Waals surface area contributed by atoms with E-state index in [0.29, 0.717) is 11.9 Å². The van der Waals surface area contributed by atoms with E-state index in [-0.39, 0.29) is 10.8 Å². The van der Waals surface area contributed by atoms with Gasteiger partial charge in [-0.05, 0) is 59.7 Å². The number of rotatable bonds is 5. The van der Waals surface area contributed by atoms with Crippen molar-refractivity contribution in [3.63, 3.8) is 0 Å². The average Bonchev–Trinajstić information content (AvgIpc) is 2.58. The van der Waals surface area contributed by atoms with Gasteiger partial charge in [0.15, 0.2) is 0 Å². The lowest BCUT2D eigenvalue weighted by atomic mass is 10.0. The van der Waals surface area contributed by atoms with Crippen LogP contribution in [-0.2, 0) is 10.1 Å². The van der Waals surface area contributed by atoms with E-state index >= 15 is 0 Å². The van der Waals surface area contributed by atoms with Crippen LogP contribution in [0.15, 0.2) is 59.5 Å². The Kier molecular flexibility index (Phi) is 4.89. The lowest BCUT2D eigenvalue weighted by molar-refractivity contribution is 0.484. The van der Waals surface area contributed by atoms with Crippen molar-refractivity contribution >= 4 is 32.3 Å². The number of nitrogens with two attached hydrogens (primary N) is 1. The van der Waals surface area contributed by atoms with Crippen LogP contribution in [-0.4, -0.2) is 19.5 Å². The van der Waals surface area contributed by atoms with Crippen LogP contribution in [0.5, 0.6) is 0 Å². The molecule has 0 aliphatic heterocycles. The third-order valence-electron chi connectivity index (χ3n) is 4.46. The first kappa shape index (κ1) is 18.2. The van der Waals surface area contributed by atoms with Gasteiger partial charge in [-0.15, -0.1) is 0 Å². The third-order valence-corrected chi connectivity index (χ3v) is 5.35. The molecule has 6 heteroatoms. The molecule has 0 fully saturated rings. The van der Waals surface area contributed by atoms with Crippen LogP contribution >= 0.6 is 0 Å². The molecule has 0 aromatic heterocycles. The summed E-state index contributed by atoms with van der Waals surface area (Å²) >= 11 is 0. The predicted octanol–water partition coefficient (Wildman–Crippen LogP) is 4.19. The molecule has 0 radical (unpaired) electrons. The van der Waals surface area contributed by atoms with Gasteiger partial charge in [-0.2, -0.15) is 8.42 Å². The number of nitrogen functional groups attached to an aromatic ring is 1. The number of hydrogen-bond acceptors (Lipinski definition) is 4. The van der Waals surface area contributed by atoms with E-state index in [1.54, 1.807) is 13.0 Å². The zero-order valence-electron chi connectivity index (χ0n) is 14.7. The lowest BCUT2D eigenvalue weighted by Gasteiger charge is -2.15. The summed E-state index contributed by atoms with van der Waals surface area (Å²) in [6.07, 6.45) is 0. The van der Waals surface area contributed by atoms with Crippen molar-refractivity contribution in [3.8, 4) is 0 Å². The molecular weight excluding hydrogens is 348 g/mol. The fourth-order valence-corrected chi connectivity index (χ4v) is 3.79. The minimum atomic E-state index is -4.29. The Morgan fingerprint density at radius 2 is 1.77 bits per heavy atom. The van der Waals surface area contributed by atoms with Crippen LogP contribution in [0.1, 0.15) is 24.0 Å². The van der Waals surface area contributed by atoms with Gasteiger partial charge in [-0.1, -0.05) is 31.2 Å². The van der Waals surface area contributed by atoms with E-state index in [9.17, 15) is 13.0 Å². The number of aryl methyl sites for hydroxylation is 1. The molecule has 3 rings (SSSR count). The molecule has 3 aromatic carbocycles. The quantitative estimate of drug-likeness (QED) is 0.462. The first-order valence-electron chi connectivity index (χ1n) is 8.35. The number of hydrogen-bond donors (Lipinski definition) is 3. The van der Waals surface area contributed by atoms with Gasteiger partial charge in [0.2, 0.25) is 0 Å². The highest BCUT2D eigenvalue weighted by Crippen LogP contribution is 2.28. The summed E-state index contributed by atoms with van der Waals surface area (Å²) in [4.78, 5) is -0.0669. The van der Waals surface area contributed by atoms with Crippen molar-refractivity contribution < 1.29 is 13.0 Å². The second-order valence-electron chi connectivity index (χ2n) is 6.62. The Morgan fingerprint density at radius 3 is 2.42 bits per heavy atom. The van der Waals surface area contributed by atoms with Gasteiger partial charge >= 0.3 is 0 Å². The Labute approximate surface area is 153 Å². The van der Waals surface area contributed by atoms with E-state index in [0.717, 1.165) is 22.3 Å². The molecule has 5 nitrogen and oxygen atoms in total. The lowest BCUT2D eigenvalue weighted by Crippen LogP contribution is -2.10. The van der Waals surface area contributed by atoms with Crippen LogP contribution in [0.2, 0.25) is 0 Å². The maximum atomic E-state index is 11.7. The summed E-state index contributed by atoms with van der Waals surface area (Å²) in [5.41, 5.74) is 9.20. The van der Waals surface area contributed by atoms with Crippen molar-refractivity contribution in [2.75, 3.05) is 17.6 Å². The Hall–Kier alpha value is -2.57. The molecule has 1 unspecified atom stereocenters. The summed E-state index contributed by atoms with van der Waals surface area (Å²) < 4.78 is 33.0. The van der Waals surface area contributed by atoms with E-state index < -0.39 is 10.1 Å². The van der Waals surface area contributed by atoms with Crippen LogP contribution in [0.4, 0.5) is 11.4 Å². The van der Waals surface area contributed by atoms with Crippen molar-refractivity contribution in [2.24, 2.45) is 0 Å². The minimum absolute atomic E-state index is 0.0669. The largest absolute Gasteiger partial charge is 0.399 e. The summed E-state index contributed by atoms with van der Waals surface area (Å²) in [5.74, 6) is 0.255. The third kappa shape index (κ3) is 3.98. The fourth-order valence-electron chi connectivity index (χ4n) is 3.00. The van der Waals surface area contributed by atoms with E-state index in [2.05, 4.69) is 12.2 Å². The van der Waals surface area contributed by atoms with Gasteiger partial charge in [-0.25, -0.2) is 0 Å². The predicted molar refractivity (Wildman–Crippen MR) is 106 cm³/mol. The topological polar surface area (TPSA) is 92.4 Å². The standard InChI is InChI=1S/C20H22N2O3S/c1-13-9-16-5-8-18(11-19(16)20(10-13)26(23,24)25)22-12-14(2)15-3-6-17(21)7-4-15/h3-11,14,22H,12,21H2,1-2H3,(H,23,24,25). The normalized spacial score (nSPS) is 12.9. The molecule has 0 bridgehead atoms. The minimum Gasteiger partial charge on any atom is -0.399 e. The van der Waals surface area contributed by atoms with Gasteiger partial charge in [0.1, 0.15) is 4.90 Å². The second-order valence-corrected chi connectivity index (χ2v) is 8.01. The maximum absolute atomic E-state index is 11.7. The highest BCUT2D eigenvalue weighted by atomic mass is 32.2. The van der Waals surface area contributed by atoms with Crippen molar-refractivity contribution in [1.29, 1.82) is 0 Å². The van der Waals surface area contributed by atoms with E-state index in [1.807, 2.05) is 42.5 Å². The Balaban J connectivity index is 1.87. The van der Waals surface area contributed by atoms with Gasteiger partial charge in [0.05, 0.1) is 0 Å². The van der Waals surface area contributed by atoms with E-state index in [1.165, 1.54) is 11.6 Å². The molecule has 26 heavy (non-hydrogen) atoms. The number of benzene rings is 3. The molecule has 0 aliphatic rings. The Morgan fingerprint density at radius 1 is 1.08 bits per heavy atom. The average molecular weight is 370 g/mol. The summed E-state index contributed by atoms with van der Waals surface area (Å²) in [6.45, 7) is 4.59. The Bertz CT molecular complexity index is 1040. The molecule has 0 saturated carbocycles. The van der Waals surface area contributed by atoms with Crippen LogP contribution in [0.25, 0.3) is 10.8 Å². The van der Waals surface area contributed by atoms with Gasteiger partial charge in [0, 0.05) is 23.3 Å². The van der Waals surface area contributed by atoms with E-state index in [4.69, 9.17) is 5.73 Å². The molecule has 4 N–H and O–H groups in total. The van der Waals surface area contributed by atoms with Crippen LogP contribution < -0.4 is 11.1 Å². The zero-order valence-corrected chi connectivity index (χ0v) is 15.5. The molecule has 0 aliphatic carbocycles. The molecule has 0 spiro atoms. The second kappa shape index (κ2) is 6.97. The highest BCUT2D eigenvalue weighted by Gasteiger charge is 2.15. The van der Waals surface area contributed by atoms with Crippen molar-refractivity contribution in [1.82, 2.24) is 0 Å². The molecule has 0 amide bonds. The first-order chi connectivity index (χ1) is 12.2. The van der Waals surface area contributed by atoms with Crippen molar-refractivity contribution in [3.05, 3.63) is 65.7 Å². The number of anilines is 2. The molecule has 1 atom stereocenters. The van der Waals surface area contributed by atoms with Gasteiger partial charge in [-0.3, -0.25) is 4.55 Å². The summed E-state index contributed by atoms with van der Waals surface area (Å²) in [5, 5.41) is 4.61. The molecule has 3 aromatic rings. The summed E-state index contributed by atoms with van der Waals surface area (Å²) in [6, 6.07) is 16.7. The summed E-state index contributed by atoms with van der Waals surface area (Å²) in [7, 11) is -4.29. The van der Waals surface area contributed by atoms with Crippen LogP contribution in [0.3, 0.4) is 0 Å². The first-order valence-corrected chi connectivity index (χ1v) is 9.79. The smallest absolute Gasteiger partial charge is 0.295 e. The molecule has 0 heterocycles. The number of nitrogens with one attached hydrogen (secondary N) is 1. The number of fused-ring (bicyclic) bond motifs is 1. The van der Waals surface area contributed by atoms with Crippen molar-refractivity contribution in [2.45, 2.75) is 24.7 Å². The maximum Gasteiger partial charge on any atom is 0.295 e. The SMILES string of the molecule is Cc1cc(S(=O)(=O)O)c2cc(NCC(C)c3ccc(N)cc3)ccc2c1. The fraction of sp³-hybridized carbons (Fsp3) is 0.200. The zero-order chi connectivity index (χ0) is 18.9. The highest BCUT2D eigenvalue weighted by molar-refractivity contribution is 7.86. The monoisotopic (exact) mass is 370 g/mol. The van der Waals surface area contributed by atoms with Gasteiger partial charge in [0.25, 0.3) is 10.1 Å². The van der Waals surface area contributed by atoms with Crippen LogP contribution in [0, 0.1) is 6.92 Å². The molecule has 0 saturated heterocycles. The van der Waals surface area contributed by atoms with Gasteiger partial charge < -0.3 is 11.1 Å².